The van der Waals surface area contributed by atoms with Gasteiger partial charge in [0, 0.05) is 43.6 Å². The third-order valence-electron chi connectivity index (χ3n) is 7.84. The molecule has 1 N–H and O–H groups in total. The number of aromatic nitrogens is 4. The molecule has 9 nitrogen and oxygen atoms in total. The molecule has 6 rings (SSSR count). The second-order valence-corrected chi connectivity index (χ2v) is 10.8. The summed E-state index contributed by atoms with van der Waals surface area (Å²) in [6.07, 6.45) is 4.85. The van der Waals surface area contributed by atoms with Crippen molar-refractivity contribution in [1.82, 2.24) is 25.1 Å². The van der Waals surface area contributed by atoms with Gasteiger partial charge in [-0.2, -0.15) is 0 Å². The standard InChI is InChI=1S/C27H31ClN6O3/c1-17(29-12-21-4-3-7-37-21)19-8-23(28)31-24(9-19)34-13-18-5-6-20(10-22(18)26(34)35)27(14-36-15-27)11-25-32-30-16-33(25)2/h5-6,8-10,16-17,21,29H,3-4,7,11-15H2,1-2H3/t17-,21+/m1/s1. The van der Waals surface area contributed by atoms with Crippen molar-refractivity contribution < 1.29 is 14.3 Å². The smallest absolute Gasteiger partial charge is 0.260 e. The molecule has 2 saturated heterocycles. The minimum atomic E-state index is -0.213. The summed E-state index contributed by atoms with van der Waals surface area (Å²) in [4.78, 5) is 19.8. The zero-order chi connectivity index (χ0) is 25.6. The van der Waals surface area contributed by atoms with Crippen molar-refractivity contribution >= 4 is 23.3 Å². The molecule has 0 saturated carbocycles. The number of carbonyl (C=O) groups is 1. The Morgan fingerprint density at radius 3 is 2.84 bits per heavy atom. The number of aryl methyl sites for hydroxylation is 1. The highest BCUT2D eigenvalue weighted by Crippen LogP contribution is 2.38. The lowest BCUT2D eigenvalue weighted by Crippen LogP contribution is -2.49. The second-order valence-electron chi connectivity index (χ2n) is 10.4. The summed E-state index contributed by atoms with van der Waals surface area (Å²) in [5, 5.41) is 12.2. The van der Waals surface area contributed by atoms with Gasteiger partial charge in [0.1, 0.15) is 23.1 Å². The lowest BCUT2D eigenvalue weighted by Gasteiger charge is -2.41. The van der Waals surface area contributed by atoms with Crippen molar-refractivity contribution in [1.29, 1.82) is 0 Å². The average molecular weight is 523 g/mol. The first-order chi connectivity index (χ1) is 17.9. The largest absolute Gasteiger partial charge is 0.379 e. The molecule has 194 valence electrons. The van der Waals surface area contributed by atoms with Crippen molar-refractivity contribution in [3.63, 3.8) is 0 Å². The van der Waals surface area contributed by atoms with Crippen LogP contribution < -0.4 is 10.2 Å². The summed E-state index contributed by atoms with van der Waals surface area (Å²) in [6, 6.07) is 10.1. The Hall–Kier alpha value is -2.85. The van der Waals surface area contributed by atoms with E-state index in [1.807, 2.05) is 29.8 Å². The van der Waals surface area contributed by atoms with Gasteiger partial charge < -0.3 is 19.4 Å². The van der Waals surface area contributed by atoms with Crippen molar-refractivity contribution in [2.75, 3.05) is 31.3 Å². The Balaban J connectivity index is 1.22. The molecule has 2 fully saturated rings. The number of carbonyl (C=O) groups excluding carboxylic acids is 1. The van der Waals surface area contributed by atoms with Gasteiger partial charge in [-0.3, -0.25) is 9.69 Å². The minimum absolute atomic E-state index is 0.0502. The number of benzene rings is 1. The normalized spacial score (nSPS) is 21.2. The Labute approximate surface area is 221 Å². The van der Waals surface area contributed by atoms with Gasteiger partial charge in [-0.1, -0.05) is 23.7 Å². The molecule has 2 atom stereocenters. The number of hydrogen-bond acceptors (Lipinski definition) is 7. The van der Waals surface area contributed by atoms with Gasteiger partial charge in [-0.15, -0.1) is 10.2 Å². The summed E-state index contributed by atoms with van der Waals surface area (Å²) < 4.78 is 13.3. The average Bonchev–Trinajstić information content (AvgIpc) is 3.60. The van der Waals surface area contributed by atoms with Gasteiger partial charge in [-0.05, 0) is 54.7 Å². The number of nitrogens with zero attached hydrogens (tertiary/aromatic N) is 5. The van der Waals surface area contributed by atoms with Crippen molar-refractivity contribution in [2.45, 2.75) is 50.3 Å². The molecular weight excluding hydrogens is 492 g/mol. The van der Waals surface area contributed by atoms with E-state index in [4.69, 9.17) is 21.1 Å². The van der Waals surface area contributed by atoms with E-state index >= 15 is 0 Å². The number of halogens is 1. The molecule has 0 radical (unpaired) electrons. The predicted molar refractivity (Wildman–Crippen MR) is 139 cm³/mol. The molecule has 10 heteroatoms. The summed E-state index contributed by atoms with van der Waals surface area (Å²) in [6.45, 7) is 5.35. The van der Waals surface area contributed by atoms with Crippen LogP contribution in [-0.4, -0.2) is 58.1 Å². The molecule has 0 aliphatic carbocycles. The van der Waals surface area contributed by atoms with E-state index in [1.54, 1.807) is 11.2 Å². The van der Waals surface area contributed by atoms with E-state index in [2.05, 4.69) is 39.6 Å². The topological polar surface area (TPSA) is 94.4 Å². The van der Waals surface area contributed by atoms with E-state index in [9.17, 15) is 4.79 Å². The molecule has 3 aliphatic rings. The fourth-order valence-electron chi connectivity index (χ4n) is 5.43. The molecule has 3 aromatic rings. The third-order valence-corrected chi connectivity index (χ3v) is 8.03. The van der Waals surface area contributed by atoms with Crippen molar-refractivity contribution in [2.24, 2.45) is 7.05 Å². The van der Waals surface area contributed by atoms with Crippen LogP contribution in [0.5, 0.6) is 0 Å². The van der Waals surface area contributed by atoms with Crippen LogP contribution in [0.15, 0.2) is 36.7 Å². The molecular formula is C27H31ClN6O3. The quantitative estimate of drug-likeness (QED) is 0.453. The molecule has 1 amide bonds. The Bertz CT molecular complexity index is 1320. The zero-order valence-corrected chi connectivity index (χ0v) is 21.9. The number of fused-ring (bicyclic) bond motifs is 1. The maximum atomic E-state index is 13.6. The number of rotatable bonds is 8. The van der Waals surface area contributed by atoms with E-state index in [1.165, 1.54) is 0 Å². The fraction of sp³-hybridized carbons (Fsp3) is 0.481. The number of pyridine rings is 1. The van der Waals surface area contributed by atoms with Crippen molar-refractivity contribution in [3.05, 3.63) is 69.9 Å². The van der Waals surface area contributed by atoms with Gasteiger partial charge in [0.05, 0.1) is 25.9 Å². The van der Waals surface area contributed by atoms with E-state index in [0.717, 1.165) is 48.5 Å². The van der Waals surface area contributed by atoms with Gasteiger partial charge >= 0.3 is 0 Å². The first-order valence-electron chi connectivity index (χ1n) is 12.8. The molecule has 5 heterocycles. The van der Waals surface area contributed by atoms with Crippen LogP contribution in [0.3, 0.4) is 0 Å². The predicted octanol–water partition coefficient (Wildman–Crippen LogP) is 3.36. The molecule has 2 aromatic heterocycles. The second kappa shape index (κ2) is 9.79. The van der Waals surface area contributed by atoms with Crippen LogP contribution >= 0.6 is 11.6 Å². The zero-order valence-electron chi connectivity index (χ0n) is 21.1. The lowest BCUT2D eigenvalue weighted by atomic mass is 9.75. The fourth-order valence-corrected chi connectivity index (χ4v) is 5.64. The molecule has 0 unspecified atom stereocenters. The maximum Gasteiger partial charge on any atom is 0.260 e. The van der Waals surface area contributed by atoms with E-state index < -0.39 is 0 Å². The maximum absolute atomic E-state index is 13.6. The number of anilines is 1. The Kier molecular flexibility index (Phi) is 6.48. The van der Waals surface area contributed by atoms with Crippen molar-refractivity contribution in [3.8, 4) is 0 Å². The first kappa shape index (κ1) is 24.5. The van der Waals surface area contributed by atoms with Gasteiger partial charge in [0.25, 0.3) is 5.91 Å². The highest BCUT2D eigenvalue weighted by atomic mass is 35.5. The summed E-state index contributed by atoms with van der Waals surface area (Å²) in [5.41, 5.74) is 3.55. The van der Waals surface area contributed by atoms with Crippen LogP contribution in [-0.2, 0) is 34.9 Å². The molecule has 37 heavy (non-hydrogen) atoms. The Morgan fingerprint density at radius 2 is 2.14 bits per heavy atom. The SMILES string of the molecule is C[C@@H](NC[C@@H]1CCCO1)c1cc(Cl)nc(N2Cc3ccc(C4(Cc5nncn5C)COC4)cc3C2=O)c1. The van der Waals surface area contributed by atoms with E-state index in [0.29, 0.717) is 42.7 Å². The lowest BCUT2D eigenvalue weighted by molar-refractivity contribution is -0.0611. The van der Waals surface area contributed by atoms with Crippen LogP contribution in [0.4, 0.5) is 5.82 Å². The van der Waals surface area contributed by atoms with Crippen LogP contribution in [0, 0.1) is 0 Å². The third kappa shape index (κ3) is 4.65. The monoisotopic (exact) mass is 522 g/mol. The van der Waals surface area contributed by atoms with Gasteiger partial charge in [0.15, 0.2) is 0 Å². The van der Waals surface area contributed by atoms with E-state index in [-0.39, 0.29) is 23.5 Å². The molecule has 0 bridgehead atoms. The summed E-state index contributed by atoms with van der Waals surface area (Å²) >= 11 is 6.42. The highest BCUT2D eigenvalue weighted by Gasteiger charge is 2.43. The van der Waals surface area contributed by atoms with Gasteiger partial charge in [-0.25, -0.2) is 4.98 Å². The van der Waals surface area contributed by atoms with Crippen LogP contribution in [0.1, 0.15) is 58.7 Å². The Morgan fingerprint density at radius 1 is 1.27 bits per heavy atom. The van der Waals surface area contributed by atoms with Crippen LogP contribution in [0.25, 0.3) is 0 Å². The molecule has 0 spiro atoms. The number of hydrogen-bond donors (Lipinski definition) is 1. The molecule has 3 aliphatic heterocycles. The molecule has 1 aromatic carbocycles. The number of nitrogens with one attached hydrogen (secondary N) is 1. The summed E-state index contributed by atoms with van der Waals surface area (Å²) in [7, 11) is 1.94. The summed E-state index contributed by atoms with van der Waals surface area (Å²) in [5.74, 6) is 1.40. The van der Waals surface area contributed by atoms with Gasteiger partial charge in [0.2, 0.25) is 0 Å². The minimum Gasteiger partial charge on any atom is -0.379 e. The number of amides is 1. The highest BCUT2D eigenvalue weighted by molar-refractivity contribution is 6.29. The number of ether oxygens (including phenoxy) is 2. The van der Waals surface area contributed by atoms with Crippen LogP contribution in [0.2, 0.25) is 5.15 Å². The first-order valence-corrected chi connectivity index (χ1v) is 13.2.